The molecule has 2 aromatic carbocycles. The van der Waals surface area contributed by atoms with E-state index in [2.05, 4.69) is 16.5 Å². The Kier molecular flexibility index (Phi) is 6.35. The number of nitrogens with zero attached hydrogens (tertiary/aromatic N) is 4. The highest BCUT2D eigenvalue weighted by Crippen LogP contribution is 2.26. The molecule has 1 N–H and O–H groups in total. The lowest BCUT2D eigenvalue weighted by Gasteiger charge is -2.07. The third-order valence-corrected chi connectivity index (χ3v) is 5.28. The number of para-hydroxylation sites is 1. The van der Waals surface area contributed by atoms with Crippen molar-refractivity contribution < 1.29 is 9.53 Å². The van der Waals surface area contributed by atoms with E-state index in [0.29, 0.717) is 17.8 Å². The van der Waals surface area contributed by atoms with Gasteiger partial charge >= 0.3 is 0 Å². The number of nitrogens with one attached hydrogen (secondary N) is 1. The van der Waals surface area contributed by atoms with Crippen LogP contribution in [0.1, 0.15) is 28.2 Å². The van der Waals surface area contributed by atoms with Gasteiger partial charge in [0.15, 0.2) is 0 Å². The summed E-state index contributed by atoms with van der Waals surface area (Å²) in [6, 6.07) is 19.4. The van der Waals surface area contributed by atoms with Gasteiger partial charge in [-0.1, -0.05) is 18.2 Å². The van der Waals surface area contributed by atoms with Crippen LogP contribution in [0.15, 0.2) is 66.9 Å². The third-order valence-electron chi connectivity index (χ3n) is 5.28. The second-order valence-electron chi connectivity index (χ2n) is 7.66. The van der Waals surface area contributed by atoms with Gasteiger partial charge in [-0.15, -0.1) is 0 Å². The number of ether oxygens (including phenoxy) is 1. The summed E-state index contributed by atoms with van der Waals surface area (Å²) in [6.07, 6.45) is 2.57. The maximum Gasteiger partial charge on any atom is 0.255 e. The Morgan fingerprint density at radius 3 is 2.44 bits per heavy atom. The maximum atomic E-state index is 13.1. The van der Waals surface area contributed by atoms with Crippen LogP contribution >= 0.6 is 0 Å². The molecule has 0 bridgehead atoms. The molecule has 0 aliphatic carbocycles. The van der Waals surface area contributed by atoms with E-state index in [9.17, 15) is 4.79 Å². The molecule has 1 amide bonds. The molecule has 7 nitrogen and oxygen atoms in total. The van der Waals surface area contributed by atoms with Crippen LogP contribution < -0.4 is 10.1 Å². The molecule has 0 saturated carbocycles. The molecule has 0 unspecified atom stereocenters. The second-order valence-corrected chi connectivity index (χ2v) is 7.66. The summed E-state index contributed by atoms with van der Waals surface area (Å²) in [4.78, 5) is 13.1. The summed E-state index contributed by atoms with van der Waals surface area (Å²) in [6.45, 7) is 5.33. The number of carbonyl (C=O) groups excluding carboxylic acids is 1. The maximum absolute atomic E-state index is 13.1. The summed E-state index contributed by atoms with van der Waals surface area (Å²) >= 11 is 0. The first-order valence-electron chi connectivity index (χ1n) is 10.6. The van der Waals surface area contributed by atoms with Crippen LogP contribution in [0.5, 0.6) is 5.75 Å². The van der Waals surface area contributed by atoms with Crippen LogP contribution in [-0.2, 0) is 6.54 Å². The van der Waals surface area contributed by atoms with Crippen molar-refractivity contribution in [2.24, 2.45) is 0 Å². The van der Waals surface area contributed by atoms with E-state index >= 15 is 0 Å². The van der Waals surface area contributed by atoms with Crippen LogP contribution in [0.4, 0.5) is 0 Å². The Labute approximate surface area is 187 Å². The third kappa shape index (κ3) is 4.72. The molecular weight excluding hydrogens is 402 g/mol. The molecule has 164 valence electrons. The Morgan fingerprint density at radius 2 is 1.78 bits per heavy atom. The van der Waals surface area contributed by atoms with Gasteiger partial charge in [0, 0.05) is 30.5 Å². The molecule has 4 rings (SSSR count). The number of rotatable bonds is 8. The van der Waals surface area contributed by atoms with Crippen molar-refractivity contribution in [3.8, 4) is 22.7 Å². The van der Waals surface area contributed by atoms with E-state index < -0.39 is 0 Å². The first-order chi connectivity index (χ1) is 15.5. The Balaban J connectivity index is 1.53. The lowest BCUT2D eigenvalue weighted by atomic mass is 10.1. The lowest BCUT2D eigenvalue weighted by molar-refractivity contribution is 0.0953. The van der Waals surface area contributed by atoms with E-state index in [-0.39, 0.29) is 5.91 Å². The monoisotopic (exact) mass is 429 g/mol. The van der Waals surface area contributed by atoms with Crippen molar-refractivity contribution in [3.05, 3.63) is 83.8 Å². The first-order valence-corrected chi connectivity index (χ1v) is 10.6. The number of amides is 1. The fraction of sp³-hybridized carbons (Fsp3) is 0.240. The largest absolute Gasteiger partial charge is 0.497 e. The molecule has 0 saturated heterocycles. The molecule has 0 aliphatic heterocycles. The van der Waals surface area contributed by atoms with Gasteiger partial charge < -0.3 is 10.1 Å². The Bertz CT molecular complexity index is 1190. The zero-order valence-electron chi connectivity index (χ0n) is 18.6. The van der Waals surface area contributed by atoms with Gasteiger partial charge in [0.1, 0.15) is 11.4 Å². The number of carbonyl (C=O) groups is 1. The average molecular weight is 430 g/mol. The molecule has 4 aromatic rings. The molecular formula is C25H27N5O2. The Hall–Kier alpha value is -3.87. The van der Waals surface area contributed by atoms with Crippen molar-refractivity contribution in [2.75, 3.05) is 13.7 Å². The van der Waals surface area contributed by atoms with Gasteiger partial charge in [0.2, 0.25) is 0 Å². The zero-order valence-corrected chi connectivity index (χ0v) is 18.6. The van der Waals surface area contributed by atoms with Crippen molar-refractivity contribution in [1.29, 1.82) is 0 Å². The fourth-order valence-corrected chi connectivity index (χ4v) is 3.64. The summed E-state index contributed by atoms with van der Waals surface area (Å²) in [7, 11) is 1.63. The quantitative estimate of drug-likeness (QED) is 0.427. The molecule has 32 heavy (non-hydrogen) atoms. The van der Waals surface area contributed by atoms with E-state index in [4.69, 9.17) is 9.84 Å². The van der Waals surface area contributed by atoms with Gasteiger partial charge in [-0.3, -0.25) is 9.48 Å². The smallest absolute Gasteiger partial charge is 0.255 e. The summed E-state index contributed by atoms with van der Waals surface area (Å²) in [5.41, 5.74) is 5.04. The van der Waals surface area contributed by atoms with Gasteiger partial charge in [-0.05, 0) is 62.7 Å². The van der Waals surface area contributed by atoms with Crippen LogP contribution in [-0.4, -0.2) is 39.1 Å². The van der Waals surface area contributed by atoms with E-state index in [1.54, 1.807) is 18.0 Å². The van der Waals surface area contributed by atoms with Crippen molar-refractivity contribution in [3.63, 3.8) is 0 Å². The van der Waals surface area contributed by atoms with Crippen LogP contribution in [0.3, 0.4) is 0 Å². The van der Waals surface area contributed by atoms with Gasteiger partial charge in [-0.25, -0.2) is 4.68 Å². The van der Waals surface area contributed by atoms with Crippen LogP contribution in [0.25, 0.3) is 16.9 Å². The van der Waals surface area contributed by atoms with Crippen molar-refractivity contribution in [2.45, 2.75) is 26.8 Å². The Morgan fingerprint density at radius 1 is 1.03 bits per heavy atom. The molecule has 0 radical (unpaired) electrons. The number of benzene rings is 2. The van der Waals surface area contributed by atoms with Gasteiger partial charge in [0.25, 0.3) is 5.91 Å². The van der Waals surface area contributed by atoms with E-state index in [1.807, 2.05) is 73.1 Å². The summed E-state index contributed by atoms with van der Waals surface area (Å²) in [5, 5.41) is 12.2. The van der Waals surface area contributed by atoms with Crippen LogP contribution in [0, 0.1) is 13.8 Å². The number of aryl methyl sites for hydroxylation is 3. The number of hydrogen-bond donors (Lipinski definition) is 1. The predicted molar refractivity (Wildman–Crippen MR) is 124 cm³/mol. The zero-order chi connectivity index (χ0) is 22.5. The highest BCUT2D eigenvalue weighted by atomic mass is 16.5. The molecule has 7 heteroatoms. The average Bonchev–Trinajstić information content (AvgIpc) is 3.40. The standard InChI is InChI=1S/C25H27N5O2/c1-18-16-19(2)29(27-18)15-7-14-26-25(31)23-17-30(21-8-5-4-6-9-21)28-24(23)20-10-12-22(32-3)13-11-20/h4-6,8-13,16-17H,7,14-15H2,1-3H3,(H,26,31). The lowest BCUT2D eigenvalue weighted by Crippen LogP contribution is -2.25. The molecule has 2 aromatic heterocycles. The van der Waals surface area contributed by atoms with E-state index in [1.165, 1.54) is 0 Å². The summed E-state index contributed by atoms with van der Waals surface area (Å²) in [5.74, 6) is 0.609. The first kappa shape index (κ1) is 21.4. The molecule has 0 spiro atoms. The van der Waals surface area contributed by atoms with Gasteiger partial charge in [0.05, 0.1) is 24.1 Å². The summed E-state index contributed by atoms with van der Waals surface area (Å²) < 4.78 is 8.97. The highest BCUT2D eigenvalue weighted by molar-refractivity contribution is 5.99. The molecule has 2 heterocycles. The van der Waals surface area contributed by atoms with Crippen molar-refractivity contribution >= 4 is 5.91 Å². The highest BCUT2D eigenvalue weighted by Gasteiger charge is 2.18. The molecule has 0 fully saturated rings. The molecule has 0 aliphatic rings. The van der Waals surface area contributed by atoms with Crippen molar-refractivity contribution in [1.82, 2.24) is 24.9 Å². The number of hydrogen-bond acceptors (Lipinski definition) is 4. The van der Waals surface area contributed by atoms with E-state index in [0.717, 1.165) is 41.4 Å². The topological polar surface area (TPSA) is 74.0 Å². The second kappa shape index (κ2) is 9.51. The van der Waals surface area contributed by atoms with Gasteiger partial charge in [-0.2, -0.15) is 10.2 Å². The minimum Gasteiger partial charge on any atom is -0.497 e. The normalized spacial score (nSPS) is 10.8. The SMILES string of the molecule is COc1ccc(-c2nn(-c3ccccc3)cc2C(=O)NCCCn2nc(C)cc2C)cc1. The minimum absolute atomic E-state index is 0.147. The fourth-order valence-electron chi connectivity index (χ4n) is 3.64. The predicted octanol–water partition coefficient (Wildman–Crippen LogP) is 4.18. The minimum atomic E-state index is -0.147. The molecule has 0 atom stereocenters. The van der Waals surface area contributed by atoms with Crippen LogP contribution in [0.2, 0.25) is 0 Å². The number of aromatic nitrogens is 4. The number of methoxy groups -OCH3 is 1.